The molecule has 8 aromatic carbocycles. The van der Waals surface area contributed by atoms with Gasteiger partial charge in [-0.25, -0.2) is 0 Å². The molecule has 4 fully saturated rings. The fraction of sp³-hybridized carbons (Fsp3) is 0.231. The second-order valence-electron chi connectivity index (χ2n) is 24.8. The SMILES string of the molecule is COc1ccc(C(=O)COc2ccc(C[C@@]3(C)SC(=O)NC3=O)cc2)cc1.COc1ccc(C(=O)COc2ccc(C[C@]3(C)SC(=O)NC3=O)cc2)cc1.C[C@@]1(Cc2ccc(OCC(=O)c3ccccc3Cl)cc2)SC(=O)NC1=O.C[C@]1(Cc2ccc(OCC(=O)c3ccccc3Cl)cc2)SC(=O)NC1=O. The van der Waals surface area contributed by atoms with Crippen LogP contribution in [0.3, 0.4) is 0 Å². The Morgan fingerprint density at radius 2 is 0.528 bits per heavy atom. The number of rotatable bonds is 26. The summed E-state index contributed by atoms with van der Waals surface area (Å²) in [6.07, 6.45) is 1.71. The van der Waals surface area contributed by atoms with Gasteiger partial charge in [0, 0.05) is 22.3 Å². The molecule has 4 heterocycles. The van der Waals surface area contributed by atoms with Gasteiger partial charge in [0.25, 0.3) is 21.0 Å². The molecule has 8 aromatic rings. The summed E-state index contributed by atoms with van der Waals surface area (Å²) in [7, 11) is 3.14. The molecule has 4 N–H and O–H groups in total. The Bertz CT molecular complexity index is 4340. The minimum Gasteiger partial charge on any atom is -0.497 e. The van der Waals surface area contributed by atoms with Crippen LogP contribution in [-0.2, 0) is 44.9 Å². The fourth-order valence-corrected chi connectivity index (χ4v) is 14.9. The first kappa shape index (κ1) is 79.9. The lowest BCUT2D eigenvalue weighted by atomic mass is 9.99. The van der Waals surface area contributed by atoms with Crippen LogP contribution in [0.15, 0.2) is 194 Å². The van der Waals surface area contributed by atoms with Gasteiger partial charge in [-0.1, -0.05) is 96.0 Å². The molecule has 0 spiro atoms. The average molecular weight is 1550 g/mol. The summed E-state index contributed by atoms with van der Waals surface area (Å²) < 4.78 is 29.1. The number of benzene rings is 8. The van der Waals surface area contributed by atoms with Gasteiger partial charge in [0.05, 0.1) is 24.3 Å². The zero-order chi connectivity index (χ0) is 76.3. The summed E-state index contributed by atoms with van der Waals surface area (Å²) in [4.78, 5) is 142. The first-order chi connectivity index (χ1) is 50.5. The number of halogens is 2. The molecule has 12 rings (SSSR count). The van der Waals surface area contributed by atoms with Crippen LogP contribution in [0, 0.1) is 0 Å². The maximum Gasteiger partial charge on any atom is 0.286 e. The van der Waals surface area contributed by atoms with Gasteiger partial charge in [-0.05, 0) is 244 Å². The average Bonchev–Trinajstić information content (AvgIpc) is 1.65. The van der Waals surface area contributed by atoms with Crippen molar-refractivity contribution in [3.05, 3.63) is 249 Å². The quantitative estimate of drug-likeness (QED) is 0.0366. The van der Waals surface area contributed by atoms with Gasteiger partial charge in [0.15, 0.2) is 38.0 Å². The second kappa shape index (κ2) is 36.2. The van der Waals surface area contributed by atoms with E-state index < -0.39 is 19.0 Å². The number of carbonyl (C=O) groups excluding carboxylic acids is 12. The van der Waals surface area contributed by atoms with E-state index in [-0.39, 0.29) is 94.1 Å². The van der Waals surface area contributed by atoms with Crippen molar-refractivity contribution >= 4 is 138 Å². The van der Waals surface area contributed by atoms with Gasteiger partial charge in [-0.15, -0.1) is 0 Å². The maximum absolute atomic E-state index is 12.2. The van der Waals surface area contributed by atoms with Crippen molar-refractivity contribution < 1.29 is 86.0 Å². The molecule has 0 unspecified atom stereocenters. The summed E-state index contributed by atoms with van der Waals surface area (Å²) in [5, 5.41) is 8.73. The predicted molar refractivity (Wildman–Crippen MR) is 407 cm³/mol. The summed E-state index contributed by atoms with van der Waals surface area (Å²) in [5.74, 6) is 1.80. The molecule has 0 radical (unpaired) electrons. The summed E-state index contributed by atoms with van der Waals surface area (Å²) in [6.45, 7) is 6.59. The summed E-state index contributed by atoms with van der Waals surface area (Å²) >= 11 is 16.0. The first-order valence-electron chi connectivity index (χ1n) is 32.5. The molecule has 4 saturated heterocycles. The van der Waals surface area contributed by atoms with Crippen molar-refractivity contribution in [3.63, 3.8) is 0 Å². The predicted octanol–water partition coefficient (Wildman–Crippen LogP) is 14.3. The van der Waals surface area contributed by atoms with Gasteiger partial charge >= 0.3 is 0 Å². The molecule has 548 valence electrons. The number of Topliss-reactive ketones (excluding diaryl/α,β-unsaturated/α-hetero) is 4. The van der Waals surface area contributed by atoms with Crippen molar-refractivity contribution in [2.75, 3.05) is 40.6 Å². The van der Waals surface area contributed by atoms with Crippen LogP contribution in [0.4, 0.5) is 19.2 Å². The number of thioether (sulfide) groups is 4. The normalized spacial score (nSPS) is 19.1. The Morgan fingerprint density at radius 3 is 0.736 bits per heavy atom. The Labute approximate surface area is 637 Å². The van der Waals surface area contributed by atoms with Crippen LogP contribution in [0.2, 0.25) is 10.0 Å². The molecule has 4 aliphatic heterocycles. The molecule has 0 saturated carbocycles. The Morgan fingerprint density at radius 1 is 0.311 bits per heavy atom. The van der Waals surface area contributed by atoms with Gasteiger partial charge in [-0.3, -0.25) is 78.8 Å². The highest BCUT2D eigenvalue weighted by Crippen LogP contribution is 2.39. The highest BCUT2D eigenvalue weighted by molar-refractivity contribution is 8.17. The monoisotopic (exact) mass is 1550 g/mol. The molecule has 0 aliphatic carbocycles. The van der Waals surface area contributed by atoms with Crippen molar-refractivity contribution in [2.45, 2.75) is 72.4 Å². The fourth-order valence-electron chi connectivity index (χ4n) is 10.7. The molecule has 106 heavy (non-hydrogen) atoms. The van der Waals surface area contributed by atoms with Gasteiger partial charge in [0.1, 0.15) is 53.5 Å². The molecule has 0 aromatic heterocycles. The summed E-state index contributed by atoms with van der Waals surface area (Å²) in [5.41, 5.74) is 5.56. The van der Waals surface area contributed by atoms with Gasteiger partial charge in [-0.2, -0.15) is 0 Å². The number of nitrogens with one attached hydrogen (secondary N) is 4. The number of carbonyl (C=O) groups is 12. The lowest BCUT2D eigenvalue weighted by molar-refractivity contribution is -0.122. The minimum absolute atomic E-state index is 0.0733. The first-order valence-corrected chi connectivity index (χ1v) is 36.5. The van der Waals surface area contributed by atoms with E-state index in [1.54, 1.807) is 188 Å². The maximum atomic E-state index is 12.2. The molecule has 22 nitrogen and oxygen atoms in total. The molecule has 4 aliphatic rings. The lowest BCUT2D eigenvalue weighted by Gasteiger charge is -2.18. The van der Waals surface area contributed by atoms with Gasteiger partial charge in [0.2, 0.25) is 35.2 Å². The smallest absolute Gasteiger partial charge is 0.286 e. The van der Waals surface area contributed by atoms with E-state index in [9.17, 15) is 57.5 Å². The van der Waals surface area contributed by atoms with Crippen molar-refractivity contribution in [1.29, 1.82) is 0 Å². The third kappa shape index (κ3) is 21.9. The number of hydrogen-bond acceptors (Lipinski definition) is 22. The highest BCUT2D eigenvalue weighted by Gasteiger charge is 2.46. The number of ketones is 4. The largest absolute Gasteiger partial charge is 0.497 e. The number of ether oxygens (including phenoxy) is 6. The summed E-state index contributed by atoms with van der Waals surface area (Å²) in [6, 6.07) is 55.8. The lowest BCUT2D eigenvalue weighted by Crippen LogP contribution is -2.35. The molecule has 8 amide bonds. The molecule has 0 bridgehead atoms. The third-order valence-corrected chi connectivity index (χ3v) is 21.5. The molecule has 28 heteroatoms. The van der Waals surface area contributed by atoms with Crippen molar-refractivity contribution in [2.24, 2.45) is 0 Å². The second-order valence-corrected chi connectivity index (χ2v) is 31.6. The Hall–Kier alpha value is -10.2. The standard InChI is InChI=1S/2C20H19NO5S.2C19H16ClNO4S/c2*1-20(18(23)21-19(24)27-20)11-13-3-7-16(8-4-13)26-12-17(22)14-5-9-15(25-2)10-6-14;2*1-19(17(23)21-18(24)26-19)10-12-6-8-13(9-7-12)25-11-16(22)14-4-2-3-5-15(14)20/h2*3-10H,11-12H2,1-2H3,(H,21,23,24);2*2-9H,10-11H2,1H3,(H,21,23,24)/t2*20-;2*19-/m1010/s1. The zero-order valence-corrected chi connectivity index (χ0v) is 62.6. The highest BCUT2D eigenvalue weighted by atomic mass is 35.5. The van der Waals surface area contributed by atoms with Gasteiger partial charge < -0.3 is 28.4 Å². The number of methoxy groups -OCH3 is 2. The molecular weight excluding hydrogens is 1480 g/mol. The van der Waals surface area contributed by atoms with Crippen molar-refractivity contribution in [1.82, 2.24) is 21.3 Å². The zero-order valence-electron chi connectivity index (χ0n) is 57.9. The molecule has 4 atom stereocenters. The number of imide groups is 4. The van der Waals surface area contributed by atoms with Crippen LogP contribution in [0.5, 0.6) is 34.5 Å². The van der Waals surface area contributed by atoms with Crippen LogP contribution in [0.25, 0.3) is 0 Å². The number of amides is 8. The van der Waals surface area contributed by atoms with Crippen LogP contribution < -0.4 is 49.7 Å². The Kier molecular flexibility index (Phi) is 27.3. The van der Waals surface area contributed by atoms with Crippen LogP contribution in [-0.4, -0.2) is 127 Å². The van der Waals surface area contributed by atoms with E-state index in [4.69, 9.17) is 51.6 Å². The van der Waals surface area contributed by atoms with Crippen LogP contribution in [0.1, 0.15) is 91.4 Å². The Balaban J connectivity index is 0.000000163. The third-order valence-electron chi connectivity index (χ3n) is 16.6. The van der Waals surface area contributed by atoms with Crippen molar-refractivity contribution in [3.8, 4) is 34.5 Å². The van der Waals surface area contributed by atoms with E-state index in [0.29, 0.717) is 92.5 Å². The van der Waals surface area contributed by atoms with E-state index in [2.05, 4.69) is 21.3 Å². The van der Waals surface area contributed by atoms with E-state index >= 15 is 0 Å². The van der Waals surface area contributed by atoms with E-state index in [1.807, 2.05) is 48.5 Å². The number of hydrogen-bond donors (Lipinski definition) is 4. The topological polar surface area (TPSA) is 308 Å². The van der Waals surface area contributed by atoms with E-state index in [0.717, 1.165) is 69.3 Å². The van der Waals surface area contributed by atoms with E-state index in [1.165, 1.54) is 0 Å². The minimum atomic E-state index is -0.806. The van der Waals surface area contributed by atoms with Crippen LogP contribution >= 0.6 is 70.2 Å². The molecular formula is C78H70Cl2N4O18S4.